The van der Waals surface area contributed by atoms with Crippen LogP contribution in [0, 0.1) is 6.92 Å². The number of hydrogen-bond donors (Lipinski definition) is 1. The van der Waals surface area contributed by atoms with Crippen molar-refractivity contribution in [3.05, 3.63) is 56.0 Å². The van der Waals surface area contributed by atoms with Crippen molar-refractivity contribution < 1.29 is 4.79 Å². The average Bonchev–Trinajstić information content (AvgIpc) is 3.11. The summed E-state index contributed by atoms with van der Waals surface area (Å²) in [6.07, 6.45) is 1.49. The number of carbonyl (C=O) groups is 1. The number of carbonyl (C=O) groups excluding carboxylic acids is 1. The van der Waals surface area contributed by atoms with Crippen molar-refractivity contribution in [2.24, 2.45) is 7.05 Å². The Morgan fingerprint density at radius 1 is 1.28 bits per heavy atom. The molecule has 0 bridgehead atoms. The standard InChI is InChI=1S/C15H13BrCl2N6O/c1-8-12(16)13(21-23(8)2)14(25)20-15-19-7-24(22-15)6-9-10(17)4-3-5-11(9)18/h3-5,7H,6H2,1-2H3,(H,20,22,25). The third-order valence-corrected chi connectivity index (χ3v) is 5.28. The molecule has 25 heavy (non-hydrogen) atoms. The number of halogens is 3. The molecule has 0 saturated heterocycles. The first-order chi connectivity index (χ1) is 11.9. The Labute approximate surface area is 162 Å². The second-order valence-corrected chi connectivity index (χ2v) is 6.90. The van der Waals surface area contributed by atoms with Gasteiger partial charge in [0, 0.05) is 22.7 Å². The van der Waals surface area contributed by atoms with Crippen LogP contribution in [0.15, 0.2) is 29.0 Å². The van der Waals surface area contributed by atoms with Gasteiger partial charge in [-0.15, -0.1) is 5.10 Å². The Balaban J connectivity index is 1.75. The van der Waals surface area contributed by atoms with Crippen LogP contribution in [0.2, 0.25) is 10.0 Å². The largest absolute Gasteiger partial charge is 0.288 e. The van der Waals surface area contributed by atoms with Gasteiger partial charge in [-0.1, -0.05) is 29.3 Å². The lowest BCUT2D eigenvalue weighted by Crippen LogP contribution is -2.15. The minimum Gasteiger partial charge on any atom is -0.288 e. The van der Waals surface area contributed by atoms with Gasteiger partial charge in [0.25, 0.3) is 5.91 Å². The summed E-state index contributed by atoms with van der Waals surface area (Å²) in [4.78, 5) is 16.4. The van der Waals surface area contributed by atoms with Gasteiger partial charge in [-0.05, 0) is 35.0 Å². The van der Waals surface area contributed by atoms with E-state index < -0.39 is 5.91 Å². The first-order valence-corrected chi connectivity index (χ1v) is 8.74. The first-order valence-electron chi connectivity index (χ1n) is 7.19. The third-order valence-electron chi connectivity index (χ3n) is 3.62. The van der Waals surface area contributed by atoms with Gasteiger partial charge in [0.1, 0.15) is 6.33 Å². The highest BCUT2D eigenvalue weighted by Crippen LogP contribution is 2.25. The molecule has 0 saturated carbocycles. The van der Waals surface area contributed by atoms with Gasteiger partial charge in [0.2, 0.25) is 5.95 Å². The quantitative estimate of drug-likeness (QED) is 0.666. The molecule has 0 aliphatic rings. The molecule has 7 nitrogen and oxygen atoms in total. The molecule has 2 heterocycles. The molecule has 0 atom stereocenters. The molecular formula is C15H13BrCl2N6O. The number of amides is 1. The molecule has 0 unspecified atom stereocenters. The number of rotatable bonds is 4. The van der Waals surface area contributed by atoms with E-state index >= 15 is 0 Å². The molecule has 3 rings (SSSR count). The summed E-state index contributed by atoms with van der Waals surface area (Å²) in [7, 11) is 1.76. The molecule has 1 aromatic carbocycles. The lowest BCUT2D eigenvalue weighted by Gasteiger charge is -2.06. The number of anilines is 1. The summed E-state index contributed by atoms with van der Waals surface area (Å²) in [5.74, 6) is -0.229. The van der Waals surface area contributed by atoms with Crippen LogP contribution >= 0.6 is 39.1 Å². The van der Waals surface area contributed by atoms with E-state index in [1.54, 1.807) is 34.6 Å². The van der Waals surface area contributed by atoms with Gasteiger partial charge in [-0.3, -0.25) is 14.8 Å². The maximum Gasteiger partial charge on any atom is 0.279 e. The number of nitrogens with one attached hydrogen (secondary N) is 1. The Bertz CT molecular complexity index is 931. The van der Waals surface area contributed by atoms with E-state index in [4.69, 9.17) is 23.2 Å². The zero-order chi connectivity index (χ0) is 18.1. The zero-order valence-corrected chi connectivity index (χ0v) is 16.4. The van der Waals surface area contributed by atoms with Gasteiger partial charge < -0.3 is 0 Å². The fraction of sp³-hybridized carbons (Fsp3) is 0.200. The summed E-state index contributed by atoms with van der Waals surface area (Å²) in [5, 5.41) is 12.1. The predicted molar refractivity (Wildman–Crippen MR) is 99.2 cm³/mol. The molecule has 0 fully saturated rings. The Morgan fingerprint density at radius 3 is 2.56 bits per heavy atom. The Hall–Kier alpha value is -1.90. The number of hydrogen-bond acceptors (Lipinski definition) is 4. The molecule has 0 aliphatic heterocycles. The van der Waals surface area contributed by atoms with E-state index in [0.29, 0.717) is 21.1 Å². The van der Waals surface area contributed by atoms with Crippen LogP contribution in [0.5, 0.6) is 0 Å². The molecule has 0 aliphatic carbocycles. The fourth-order valence-electron chi connectivity index (χ4n) is 2.16. The van der Waals surface area contributed by atoms with E-state index in [1.165, 1.54) is 6.33 Å². The summed E-state index contributed by atoms with van der Waals surface area (Å²) in [5.41, 5.74) is 1.85. The van der Waals surface area contributed by atoms with Crippen molar-refractivity contribution in [2.75, 3.05) is 5.32 Å². The van der Waals surface area contributed by atoms with Crippen LogP contribution in [0.1, 0.15) is 21.7 Å². The van der Waals surface area contributed by atoms with E-state index in [9.17, 15) is 4.79 Å². The monoisotopic (exact) mass is 442 g/mol. The smallest absolute Gasteiger partial charge is 0.279 e. The van der Waals surface area contributed by atoms with Gasteiger partial charge in [0.05, 0.1) is 16.7 Å². The zero-order valence-electron chi connectivity index (χ0n) is 13.3. The highest BCUT2D eigenvalue weighted by molar-refractivity contribution is 9.10. The maximum atomic E-state index is 12.3. The lowest BCUT2D eigenvalue weighted by molar-refractivity contribution is 0.102. The predicted octanol–water partition coefficient (Wildman–Crippen LogP) is 3.69. The van der Waals surface area contributed by atoms with Crippen LogP contribution in [0.4, 0.5) is 5.95 Å². The fourth-order valence-corrected chi connectivity index (χ4v) is 3.19. The number of aryl methyl sites for hydroxylation is 1. The molecule has 0 spiro atoms. The number of aromatic nitrogens is 5. The van der Waals surface area contributed by atoms with Crippen molar-refractivity contribution in [1.82, 2.24) is 24.5 Å². The summed E-state index contributed by atoms with van der Waals surface area (Å²) in [6, 6.07) is 5.28. The molecule has 2 aromatic heterocycles. The molecule has 10 heteroatoms. The molecule has 3 aromatic rings. The second kappa shape index (κ2) is 7.15. The van der Waals surface area contributed by atoms with Gasteiger partial charge in [-0.25, -0.2) is 9.67 Å². The van der Waals surface area contributed by atoms with Crippen LogP contribution in [-0.4, -0.2) is 30.5 Å². The highest BCUT2D eigenvalue weighted by Gasteiger charge is 2.19. The first kappa shape index (κ1) is 17.9. The third kappa shape index (κ3) is 3.70. The Morgan fingerprint density at radius 2 is 1.96 bits per heavy atom. The van der Waals surface area contributed by atoms with E-state index in [-0.39, 0.29) is 11.6 Å². The van der Waals surface area contributed by atoms with Crippen LogP contribution < -0.4 is 5.32 Å². The SMILES string of the molecule is Cc1c(Br)c(C(=O)Nc2ncn(Cc3c(Cl)cccc3Cl)n2)nn1C. The van der Waals surface area contributed by atoms with Crippen molar-refractivity contribution in [2.45, 2.75) is 13.5 Å². The average molecular weight is 444 g/mol. The topological polar surface area (TPSA) is 77.6 Å². The highest BCUT2D eigenvalue weighted by atomic mass is 79.9. The van der Waals surface area contributed by atoms with E-state index in [0.717, 1.165) is 11.3 Å². The van der Waals surface area contributed by atoms with Crippen molar-refractivity contribution in [3.8, 4) is 0 Å². The van der Waals surface area contributed by atoms with Crippen molar-refractivity contribution in [3.63, 3.8) is 0 Å². The normalized spacial score (nSPS) is 10.9. The minimum absolute atomic E-state index is 0.170. The summed E-state index contributed by atoms with van der Waals surface area (Å²) < 4.78 is 3.79. The van der Waals surface area contributed by atoms with Gasteiger partial charge in [-0.2, -0.15) is 5.10 Å². The van der Waals surface area contributed by atoms with Crippen molar-refractivity contribution in [1.29, 1.82) is 0 Å². The lowest BCUT2D eigenvalue weighted by atomic mass is 10.2. The molecule has 0 radical (unpaired) electrons. The van der Waals surface area contributed by atoms with Crippen molar-refractivity contribution >= 4 is 51.0 Å². The van der Waals surface area contributed by atoms with Crippen LogP contribution in [0.3, 0.4) is 0 Å². The van der Waals surface area contributed by atoms with E-state index in [1.807, 2.05) is 6.92 Å². The molecule has 1 amide bonds. The van der Waals surface area contributed by atoms with Gasteiger partial charge in [0.15, 0.2) is 5.69 Å². The maximum absolute atomic E-state index is 12.3. The molecule has 1 N–H and O–H groups in total. The number of nitrogens with zero attached hydrogens (tertiary/aromatic N) is 5. The van der Waals surface area contributed by atoms with Crippen LogP contribution in [-0.2, 0) is 13.6 Å². The second-order valence-electron chi connectivity index (χ2n) is 5.29. The molecular weight excluding hydrogens is 431 g/mol. The summed E-state index contributed by atoms with van der Waals surface area (Å²) >= 11 is 15.7. The molecule has 130 valence electrons. The minimum atomic E-state index is -0.399. The van der Waals surface area contributed by atoms with Gasteiger partial charge >= 0.3 is 0 Å². The Kier molecular flexibility index (Phi) is 5.12. The summed E-state index contributed by atoms with van der Waals surface area (Å²) in [6.45, 7) is 2.20. The van der Waals surface area contributed by atoms with Crippen LogP contribution in [0.25, 0.3) is 0 Å². The number of benzene rings is 1. The van der Waals surface area contributed by atoms with E-state index in [2.05, 4.69) is 36.4 Å².